The number of phenols is 1. The Labute approximate surface area is 178 Å². The Morgan fingerprint density at radius 3 is 2.52 bits per heavy atom. The highest BCUT2D eigenvalue weighted by atomic mass is 127. The molecular formula is C20H28IN3O3. The van der Waals surface area contributed by atoms with E-state index in [2.05, 4.69) is 10.3 Å². The van der Waals surface area contributed by atoms with Gasteiger partial charge in [0.2, 0.25) is 0 Å². The molecule has 0 unspecified atom stereocenters. The molecule has 148 valence electrons. The summed E-state index contributed by atoms with van der Waals surface area (Å²) < 4.78 is 10.8. The number of likely N-dealkylation sites (N-methyl/N-ethyl adjacent to an activating group) is 1. The van der Waals surface area contributed by atoms with Crippen molar-refractivity contribution in [1.82, 2.24) is 10.2 Å². The quantitative estimate of drug-likeness (QED) is 0.342. The summed E-state index contributed by atoms with van der Waals surface area (Å²) in [7, 11) is 5.30. The molecule has 0 atom stereocenters. The third-order valence-electron chi connectivity index (χ3n) is 3.98. The van der Waals surface area contributed by atoms with Gasteiger partial charge in [0, 0.05) is 26.7 Å². The molecule has 2 aromatic carbocycles. The second-order valence-corrected chi connectivity index (χ2v) is 5.80. The van der Waals surface area contributed by atoms with Crippen molar-refractivity contribution in [3.63, 3.8) is 0 Å². The van der Waals surface area contributed by atoms with Gasteiger partial charge in [0.05, 0.1) is 13.7 Å². The van der Waals surface area contributed by atoms with Crippen molar-refractivity contribution >= 4 is 29.9 Å². The summed E-state index contributed by atoms with van der Waals surface area (Å²) in [6.45, 7) is 1.94. The van der Waals surface area contributed by atoms with Crippen molar-refractivity contribution in [1.29, 1.82) is 0 Å². The minimum atomic E-state index is 0. The molecule has 6 nitrogen and oxygen atoms in total. The van der Waals surface area contributed by atoms with Crippen LogP contribution in [0.4, 0.5) is 0 Å². The van der Waals surface area contributed by atoms with Crippen LogP contribution in [0.3, 0.4) is 0 Å². The number of nitrogens with zero attached hydrogens (tertiary/aromatic N) is 2. The first-order valence-corrected chi connectivity index (χ1v) is 8.59. The van der Waals surface area contributed by atoms with Gasteiger partial charge in [-0.3, -0.25) is 4.99 Å². The number of hydrogen-bond acceptors (Lipinski definition) is 4. The van der Waals surface area contributed by atoms with Gasteiger partial charge in [-0.05, 0) is 30.2 Å². The van der Waals surface area contributed by atoms with Gasteiger partial charge in [-0.1, -0.05) is 24.3 Å². The summed E-state index contributed by atoms with van der Waals surface area (Å²) in [6, 6.07) is 15.1. The maximum atomic E-state index is 10.0. The predicted octanol–water partition coefficient (Wildman–Crippen LogP) is 3.15. The van der Waals surface area contributed by atoms with Gasteiger partial charge < -0.3 is 24.8 Å². The van der Waals surface area contributed by atoms with Crippen LogP contribution in [0, 0.1) is 0 Å². The van der Waals surface area contributed by atoms with Crippen molar-refractivity contribution < 1.29 is 14.6 Å². The second kappa shape index (κ2) is 12.3. The first-order chi connectivity index (χ1) is 12.6. The zero-order valence-electron chi connectivity index (χ0n) is 16.0. The number of para-hydroxylation sites is 1. The van der Waals surface area contributed by atoms with Crippen molar-refractivity contribution in [3.05, 3.63) is 54.1 Å². The molecule has 0 aromatic heterocycles. The molecule has 0 spiro atoms. The fraction of sp³-hybridized carbons (Fsp3) is 0.350. The zero-order valence-corrected chi connectivity index (χ0v) is 18.3. The number of aromatic hydroxyl groups is 1. The fourth-order valence-corrected chi connectivity index (χ4v) is 2.50. The molecule has 0 aliphatic rings. The molecule has 0 bridgehead atoms. The molecule has 0 radical (unpaired) electrons. The summed E-state index contributed by atoms with van der Waals surface area (Å²) >= 11 is 0. The van der Waals surface area contributed by atoms with Gasteiger partial charge in [0.1, 0.15) is 23.9 Å². The van der Waals surface area contributed by atoms with Gasteiger partial charge in [-0.2, -0.15) is 0 Å². The summed E-state index contributed by atoms with van der Waals surface area (Å²) in [6.07, 6.45) is 0.684. The number of ether oxygens (including phenoxy) is 2. The molecular weight excluding hydrogens is 457 g/mol. The largest absolute Gasteiger partial charge is 0.508 e. The lowest BCUT2D eigenvalue weighted by molar-refractivity contribution is 0.281. The van der Waals surface area contributed by atoms with E-state index in [0.717, 1.165) is 17.3 Å². The number of halogens is 1. The number of phenolic OH excluding ortho intramolecular Hbond substituents is 1. The lowest BCUT2D eigenvalue weighted by atomic mass is 10.1. The van der Waals surface area contributed by atoms with E-state index in [1.165, 1.54) is 0 Å². The standard InChI is InChI=1S/C20H27N3O3.HI/c1-21-20(23(2)13-14-26-17-7-5-4-6-8-17)22-12-11-16-9-10-18(25-3)15-19(16)24;/h4-10,15,24H,11-14H2,1-3H3,(H,21,22);1H. The van der Waals surface area contributed by atoms with Gasteiger partial charge in [0.25, 0.3) is 0 Å². The van der Waals surface area contributed by atoms with Crippen molar-refractivity contribution in [2.24, 2.45) is 4.99 Å². The van der Waals surface area contributed by atoms with Crippen LogP contribution < -0.4 is 14.8 Å². The number of aliphatic imine (C=N–C) groups is 1. The first-order valence-electron chi connectivity index (χ1n) is 8.59. The molecule has 0 saturated heterocycles. The van der Waals surface area contributed by atoms with Gasteiger partial charge in [-0.15, -0.1) is 24.0 Å². The van der Waals surface area contributed by atoms with E-state index < -0.39 is 0 Å². The van der Waals surface area contributed by atoms with Crippen molar-refractivity contribution in [2.75, 3.05) is 40.9 Å². The van der Waals surface area contributed by atoms with Crippen LogP contribution in [-0.2, 0) is 6.42 Å². The van der Waals surface area contributed by atoms with Crippen LogP contribution in [0.15, 0.2) is 53.5 Å². The Bertz CT molecular complexity index is 711. The number of guanidine groups is 1. The molecule has 0 heterocycles. The number of rotatable bonds is 8. The van der Waals surface area contributed by atoms with Crippen LogP contribution >= 0.6 is 24.0 Å². The van der Waals surface area contributed by atoms with Crippen molar-refractivity contribution in [3.8, 4) is 17.2 Å². The lowest BCUT2D eigenvalue weighted by Crippen LogP contribution is -2.41. The second-order valence-electron chi connectivity index (χ2n) is 5.80. The van der Waals surface area contributed by atoms with E-state index in [1.807, 2.05) is 54.4 Å². The van der Waals surface area contributed by atoms with Gasteiger partial charge in [0.15, 0.2) is 5.96 Å². The SMILES string of the molecule is CN=C(NCCc1ccc(OC)cc1O)N(C)CCOc1ccccc1.I. The van der Waals surface area contributed by atoms with Gasteiger partial charge >= 0.3 is 0 Å². The fourth-order valence-electron chi connectivity index (χ4n) is 2.50. The molecule has 27 heavy (non-hydrogen) atoms. The molecule has 7 heteroatoms. The molecule has 2 N–H and O–H groups in total. The molecule has 2 aromatic rings. The highest BCUT2D eigenvalue weighted by Crippen LogP contribution is 2.23. The third kappa shape index (κ3) is 7.54. The maximum absolute atomic E-state index is 10.0. The summed E-state index contributed by atoms with van der Waals surface area (Å²) in [4.78, 5) is 6.30. The average Bonchev–Trinajstić information content (AvgIpc) is 2.67. The van der Waals surface area contributed by atoms with Gasteiger partial charge in [-0.25, -0.2) is 0 Å². The van der Waals surface area contributed by atoms with E-state index >= 15 is 0 Å². The lowest BCUT2D eigenvalue weighted by Gasteiger charge is -2.22. The van der Waals surface area contributed by atoms with Crippen LogP contribution in [0.25, 0.3) is 0 Å². The van der Waals surface area contributed by atoms with Crippen LogP contribution in [0.1, 0.15) is 5.56 Å². The van der Waals surface area contributed by atoms with Crippen LogP contribution in [-0.4, -0.2) is 56.9 Å². The van der Waals surface area contributed by atoms with E-state index in [0.29, 0.717) is 31.9 Å². The molecule has 0 saturated carbocycles. The topological polar surface area (TPSA) is 66.3 Å². The summed E-state index contributed by atoms with van der Waals surface area (Å²) in [5, 5.41) is 13.3. The zero-order chi connectivity index (χ0) is 18.8. The Kier molecular flexibility index (Phi) is 10.4. The Morgan fingerprint density at radius 1 is 1.15 bits per heavy atom. The third-order valence-corrected chi connectivity index (χ3v) is 3.98. The predicted molar refractivity (Wildman–Crippen MR) is 120 cm³/mol. The maximum Gasteiger partial charge on any atom is 0.193 e. The number of benzene rings is 2. The minimum absolute atomic E-state index is 0. The average molecular weight is 485 g/mol. The highest BCUT2D eigenvalue weighted by molar-refractivity contribution is 14.0. The van der Waals surface area contributed by atoms with Crippen LogP contribution in [0.5, 0.6) is 17.2 Å². The molecule has 0 aliphatic carbocycles. The Hall–Kier alpha value is -2.16. The number of hydrogen-bond donors (Lipinski definition) is 2. The molecule has 0 fully saturated rings. The van der Waals surface area contributed by atoms with E-state index in [-0.39, 0.29) is 29.7 Å². The number of methoxy groups -OCH3 is 1. The molecule has 2 rings (SSSR count). The summed E-state index contributed by atoms with van der Waals surface area (Å²) in [5.41, 5.74) is 0.865. The van der Waals surface area contributed by atoms with E-state index in [9.17, 15) is 5.11 Å². The highest BCUT2D eigenvalue weighted by Gasteiger charge is 2.07. The monoisotopic (exact) mass is 485 g/mol. The molecule has 0 aliphatic heterocycles. The minimum Gasteiger partial charge on any atom is -0.508 e. The van der Waals surface area contributed by atoms with E-state index in [4.69, 9.17) is 9.47 Å². The Balaban J connectivity index is 0.00000364. The van der Waals surface area contributed by atoms with Crippen LogP contribution in [0.2, 0.25) is 0 Å². The number of nitrogens with one attached hydrogen (secondary N) is 1. The molecule has 0 amide bonds. The summed E-state index contributed by atoms with van der Waals surface area (Å²) in [5.74, 6) is 2.53. The smallest absolute Gasteiger partial charge is 0.193 e. The Morgan fingerprint density at radius 2 is 1.89 bits per heavy atom. The van der Waals surface area contributed by atoms with E-state index in [1.54, 1.807) is 20.2 Å². The van der Waals surface area contributed by atoms with Crippen molar-refractivity contribution in [2.45, 2.75) is 6.42 Å². The first kappa shape index (κ1) is 22.9. The normalized spacial score (nSPS) is 10.7.